The molecule has 0 bridgehead atoms. The van der Waals surface area contributed by atoms with Crippen LogP contribution in [0.1, 0.15) is 36.2 Å². The molecule has 1 atom stereocenters. The third-order valence-electron chi connectivity index (χ3n) is 3.91. The Morgan fingerprint density at radius 2 is 2.19 bits per heavy atom. The van der Waals surface area contributed by atoms with E-state index >= 15 is 0 Å². The molecule has 1 aromatic rings. The van der Waals surface area contributed by atoms with E-state index in [1.807, 2.05) is 24.3 Å². The van der Waals surface area contributed by atoms with Crippen LogP contribution in [0.2, 0.25) is 0 Å². The number of methoxy groups -OCH3 is 1. The van der Waals surface area contributed by atoms with E-state index in [0.717, 1.165) is 31.7 Å². The zero-order valence-electron chi connectivity index (χ0n) is 13.3. The van der Waals surface area contributed by atoms with Gasteiger partial charge in [0.15, 0.2) is 0 Å². The van der Waals surface area contributed by atoms with E-state index in [-0.39, 0.29) is 5.97 Å². The van der Waals surface area contributed by atoms with Gasteiger partial charge in [0.1, 0.15) is 0 Å². The molecular formula is C17H26N2O2. The van der Waals surface area contributed by atoms with Gasteiger partial charge in [-0.3, -0.25) is 4.90 Å². The highest BCUT2D eigenvalue weighted by atomic mass is 16.5. The van der Waals surface area contributed by atoms with Gasteiger partial charge in [0.05, 0.1) is 12.7 Å². The highest BCUT2D eigenvalue weighted by molar-refractivity contribution is 5.90. The number of carbonyl (C=O) groups is 1. The maximum atomic E-state index is 11.8. The Hall–Kier alpha value is -1.39. The van der Waals surface area contributed by atoms with Crippen molar-refractivity contribution in [3.05, 3.63) is 35.4 Å². The van der Waals surface area contributed by atoms with E-state index in [1.54, 1.807) is 0 Å². The first-order valence-electron chi connectivity index (χ1n) is 7.72. The third kappa shape index (κ3) is 4.55. The smallest absolute Gasteiger partial charge is 0.338 e. The van der Waals surface area contributed by atoms with Gasteiger partial charge in [-0.25, -0.2) is 4.79 Å². The number of hydrogen-bond donors (Lipinski definition) is 1. The van der Waals surface area contributed by atoms with Crippen molar-refractivity contribution in [2.45, 2.75) is 32.9 Å². The SMILES string of the molecule is COC(=O)c1ccccc1CN1CCN[C@@H](CC(C)C)C1. The van der Waals surface area contributed by atoms with Crippen molar-refractivity contribution in [3.8, 4) is 0 Å². The molecule has 0 saturated carbocycles. The second-order valence-corrected chi connectivity index (χ2v) is 6.16. The van der Waals surface area contributed by atoms with Gasteiger partial charge in [0, 0.05) is 32.2 Å². The maximum Gasteiger partial charge on any atom is 0.338 e. The van der Waals surface area contributed by atoms with Crippen LogP contribution in [-0.4, -0.2) is 43.7 Å². The number of carbonyl (C=O) groups excluding carboxylic acids is 1. The minimum atomic E-state index is -0.250. The lowest BCUT2D eigenvalue weighted by Gasteiger charge is -2.34. The summed E-state index contributed by atoms with van der Waals surface area (Å²) in [5.41, 5.74) is 1.73. The van der Waals surface area contributed by atoms with Crippen LogP contribution in [0.5, 0.6) is 0 Å². The molecule has 0 amide bonds. The summed E-state index contributed by atoms with van der Waals surface area (Å²) >= 11 is 0. The fourth-order valence-corrected chi connectivity index (χ4v) is 2.97. The Morgan fingerprint density at radius 3 is 2.90 bits per heavy atom. The van der Waals surface area contributed by atoms with Crippen LogP contribution >= 0.6 is 0 Å². The topological polar surface area (TPSA) is 41.6 Å². The summed E-state index contributed by atoms with van der Waals surface area (Å²) < 4.78 is 4.87. The minimum absolute atomic E-state index is 0.250. The van der Waals surface area contributed by atoms with Crippen molar-refractivity contribution in [1.82, 2.24) is 10.2 Å². The molecule has 116 valence electrons. The molecule has 1 fully saturated rings. The fourth-order valence-electron chi connectivity index (χ4n) is 2.97. The lowest BCUT2D eigenvalue weighted by atomic mass is 10.0. The first-order chi connectivity index (χ1) is 10.1. The van der Waals surface area contributed by atoms with Gasteiger partial charge in [-0.15, -0.1) is 0 Å². The van der Waals surface area contributed by atoms with E-state index in [9.17, 15) is 4.79 Å². The zero-order chi connectivity index (χ0) is 15.2. The van der Waals surface area contributed by atoms with Gasteiger partial charge in [-0.2, -0.15) is 0 Å². The molecule has 2 rings (SSSR count). The number of nitrogens with zero attached hydrogens (tertiary/aromatic N) is 1. The molecule has 4 heteroatoms. The highest BCUT2D eigenvalue weighted by Gasteiger charge is 2.21. The molecule has 0 aliphatic carbocycles. The molecule has 21 heavy (non-hydrogen) atoms. The van der Waals surface area contributed by atoms with Gasteiger partial charge < -0.3 is 10.1 Å². The van der Waals surface area contributed by atoms with E-state index < -0.39 is 0 Å². The summed E-state index contributed by atoms with van der Waals surface area (Å²) in [5.74, 6) is 0.448. The largest absolute Gasteiger partial charge is 0.465 e. The van der Waals surface area contributed by atoms with Crippen LogP contribution < -0.4 is 5.32 Å². The lowest BCUT2D eigenvalue weighted by molar-refractivity contribution is 0.0597. The van der Waals surface area contributed by atoms with Crippen LogP contribution in [0.4, 0.5) is 0 Å². The summed E-state index contributed by atoms with van der Waals surface area (Å²) in [6, 6.07) is 8.27. The summed E-state index contributed by atoms with van der Waals surface area (Å²) in [7, 11) is 1.43. The molecular weight excluding hydrogens is 264 g/mol. The molecule has 1 heterocycles. The molecule has 1 aliphatic heterocycles. The number of piperazine rings is 1. The second kappa shape index (κ2) is 7.57. The predicted octanol–water partition coefficient (Wildman–Crippen LogP) is 2.29. The number of hydrogen-bond acceptors (Lipinski definition) is 4. The van der Waals surface area contributed by atoms with Gasteiger partial charge >= 0.3 is 5.97 Å². The summed E-state index contributed by atoms with van der Waals surface area (Å²) in [5, 5.41) is 3.58. The summed E-state index contributed by atoms with van der Waals surface area (Å²) in [6.45, 7) is 8.39. The van der Waals surface area contributed by atoms with Crippen LogP contribution in [0.15, 0.2) is 24.3 Å². The molecule has 4 nitrogen and oxygen atoms in total. The quantitative estimate of drug-likeness (QED) is 0.845. The minimum Gasteiger partial charge on any atom is -0.465 e. The van der Waals surface area contributed by atoms with Crippen molar-refractivity contribution in [3.63, 3.8) is 0 Å². The summed E-state index contributed by atoms with van der Waals surface area (Å²) in [4.78, 5) is 14.3. The first-order valence-corrected chi connectivity index (χ1v) is 7.72. The van der Waals surface area contributed by atoms with Crippen molar-refractivity contribution in [2.24, 2.45) is 5.92 Å². The van der Waals surface area contributed by atoms with Gasteiger partial charge in [0.2, 0.25) is 0 Å². The standard InChI is InChI=1S/C17H26N2O2/c1-13(2)10-15-12-19(9-8-18-15)11-14-6-4-5-7-16(14)17(20)21-3/h4-7,13,15,18H,8-12H2,1-3H3/t15-/m0/s1. The Balaban J connectivity index is 2.02. The maximum absolute atomic E-state index is 11.8. The average Bonchev–Trinajstić information content (AvgIpc) is 2.47. The zero-order valence-corrected chi connectivity index (χ0v) is 13.3. The predicted molar refractivity (Wildman–Crippen MR) is 84.3 cm³/mol. The Bertz CT molecular complexity index is 474. The van der Waals surface area contributed by atoms with Crippen molar-refractivity contribution >= 4 is 5.97 Å². The van der Waals surface area contributed by atoms with E-state index in [0.29, 0.717) is 17.5 Å². The summed E-state index contributed by atoms with van der Waals surface area (Å²) in [6.07, 6.45) is 1.19. The Morgan fingerprint density at radius 1 is 1.43 bits per heavy atom. The number of ether oxygens (including phenoxy) is 1. The third-order valence-corrected chi connectivity index (χ3v) is 3.91. The van der Waals surface area contributed by atoms with Crippen LogP contribution in [0.25, 0.3) is 0 Å². The molecule has 0 aromatic heterocycles. The molecule has 0 unspecified atom stereocenters. The van der Waals surface area contributed by atoms with Crippen LogP contribution in [0.3, 0.4) is 0 Å². The van der Waals surface area contributed by atoms with Gasteiger partial charge in [-0.05, 0) is 24.0 Å². The molecule has 1 N–H and O–H groups in total. The van der Waals surface area contributed by atoms with Crippen LogP contribution in [-0.2, 0) is 11.3 Å². The first kappa shape index (κ1) is 16.0. The highest BCUT2D eigenvalue weighted by Crippen LogP contribution is 2.16. The number of nitrogens with one attached hydrogen (secondary N) is 1. The normalized spacial score (nSPS) is 19.7. The lowest BCUT2D eigenvalue weighted by Crippen LogP contribution is -2.50. The monoisotopic (exact) mass is 290 g/mol. The van der Waals surface area contributed by atoms with Crippen LogP contribution in [0, 0.1) is 5.92 Å². The molecule has 1 aliphatic rings. The fraction of sp³-hybridized carbons (Fsp3) is 0.588. The number of esters is 1. The van der Waals surface area contributed by atoms with Crippen molar-refractivity contribution in [2.75, 3.05) is 26.7 Å². The Labute approximate surface area is 127 Å². The van der Waals surface area contributed by atoms with Gasteiger partial charge in [-0.1, -0.05) is 32.0 Å². The van der Waals surface area contributed by atoms with E-state index in [2.05, 4.69) is 24.1 Å². The number of benzene rings is 1. The Kier molecular flexibility index (Phi) is 5.76. The average molecular weight is 290 g/mol. The molecule has 0 spiro atoms. The van der Waals surface area contributed by atoms with Crippen molar-refractivity contribution < 1.29 is 9.53 Å². The number of rotatable bonds is 5. The van der Waals surface area contributed by atoms with E-state index in [4.69, 9.17) is 4.74 Å². The van der Waals surface area contributed by atoms with E-state index in [1.165, 1.54) is 13.5 Å². The molecule has 1 saturated heterocycles. The second-order valence-electron chi connectivity index (χ2n) is 6.16. The van der Waals surface area contributed by atoms with Gasteiger partial charge in [0.25, 0.3) is 0 Å². The molecule has 1 aromatic carbocycles. The molecule has 0 radical (unpaired) electrons. The van der Waals surface area contributed by atoms with Crippen molar-refractivity contribution in [1.29, 1.82) is 0 Å².